The van der Waals surface area contributed by atoms with Crippen molar-refractivity contribution < 1.29 is 9.59 Å². The highest BCUT2D eigenvalue weighted by atomic mass is 35.5. The SMILES string of the molecule is O=C(NC1CCCCC1)[C@@H](Cc1ccccc1)N(Cc1ccc(Cl)c(Cl)c1)C(=O)CSCc1ccc(Cl)cc1. The van der Waals surface area contributed by atoms with E-state index in [9.17, 15) is 9.59 Å². The van der Waals surface area contributed by atoms with Gasteiger partial charge in [-0.2, -0.15) is 0 Å². The predicted molar refractivity (Wildman–Crippen MR) is 164 cm³/mol. The number of rotatable bonds is 11. The van der Waals surface area contributed by atoms with Gasteiger partial charge in [0.1, 0.15) is 6.04 Å². The second-order valence-electron chi connectivity index (χ2n) is 9.94. The van der Waals surface area contributed by atoms with Crippen molar-refractivity contribution in [1.82, 2.24) is 10.2 Å². The topological polar surface area (TPSA) is 49.4 Å². The van der Waals surface area contributed by atoms with E-state index >= 15 is 0 Å². The molecule has 0 bridgehead atoms. The average Bonchev–Trinajstić information content (AvgIpc) is 2.94. The van der Waals surface area contributed by atoms with Crippen molar-refractivity contribution in [2.24, 2.45) is 0 Å². The van der Waals surface area contributed by atoms with Gasteiger partial charge in [-0.15, -0.1) is 11.8 Å². The highest BCUT2D eigenvalue weighted by Gasteiger charge is 2.32. The van der Waals surface area contributed by atoms with Crippen LogP contribution in [0.25, 0.3) is 0 Å². The molecule has 1 aliphatic carbocycles. The number of carbonyl (C=O) groups excluding carboxylic acids is 2. The first-order chi connectivity index (χ1) is 18.9. The van der Waals surface area contributed by atoms with Gasteiger partial charge in [0, 0.05) is 29.8 Å². The number of amides is 2. The van der Waals surface area contributed by atoms with Crippen LogP contribution in [0.15, 0.2) is 72.8 Å². The van der Waals surface area contributed by atoms with E-state index in [1.807, 2.05) is 60.7 Å². The number of halogens is 3. The van der Waals surface area contributed by atoms with Gasteiger partial charge in [0.15, 0.2) is 0 Å². The van der Waals surface area contributed by atoms with Gasteiger partial charge >= 0.3 is 0 Å². The zero-order valence-electron chi connectivity index (χ0n) is 21.8. The monoisotopic (exact) mass is 602 g/mol. The molecule has 0 saturated heterocycles. The first-order valence-corrected chi connectivity index (χ1v) is 15.6. The van der Waals surface area contributed by atoms with Gasteiger partial charge in [-0.1, -0.05) is 103 Å². The molecule has 3 aromatic carbocycles. The summed E-state index contributed by atoms with van der Waals surface area (Å²) in [6.07, 6.45) is 5.80. The third-order valence-corrected chi connectivity index (χ3v) is 8.95. The molecule has 0 spiro atoms. The lowest BCUT2D eigenvalue weighted by atomic mass is 9.94. The van der Waals surface area contributed by atoms with Crippen LogP contribution >= 0.6 is 46.6 Å². The van der Waals surface area contributed by atoms with Crippen molar-refractivity contribution >= 4 is 58.4 Å². The molecule has 1 aliphatic rings. The first kappa shape index (κ1) is 29.8. The molecule has 1 saturated carbocycles. The minimum absolute atomic E-state index is 0.0974. The molecule has 1 fully saturated rings. The fraction of sp³-hybridized carbons (Fsp3) is 0.355. The molecule has 0 radical (unpaired) electrons. The Morgan fingerprint density at radius 2 is 1.54 bits per heavy atom. The fourth-order valence-corrected chi connectivity index (χ4v) is 6.17. The molecule has 0 aliphatic heterocycles. The molecular weight excluding hydrogens is 571 g/mol. The van der Waals surface area contributed by atoms with Crippen LogP contribution in [0.1, 0.15) is 48.8 Å². The van der Waals surface area contributed by atoms with Crippen molar-refractivity contribution in [3.8, 4) is 0 Å². The molecule has 0 heterocycles. The maximum absolute atomic E-state index is 13.8. The van der Waals surface area contributed by atoms with Crippen molar-refractivity contribution in [3.05, 3.63) is 105 Å². The van der Waals surface area contributed by atoms with E-state index in [0.29, 0.717) is 27.2 Å². The Balaban J connectivity index is 1.57. The van der Waals surface area contributed by atoms with Crippen molar-refractivity contribution in [3.63, 3.8) is 0 Å². The number of carbonyl (C=O) groups is 2. The Bertz CT molecular complexity index is 1230. The molecule has 0 unspecified atom stereocenters. The van der Waals surface area contributed by atoms with Crippen LogP contribution in [0.5, 0.6) is 0 Å². The summed E-state index contributed by atoms with van der Waals surface area (Å²) in [4.78, 5) is 29.4. The largest absolute Gasteiger partial charge is 0.352 e. The number of nitrogens with one attached hydrogen (secondary N) is 1. The molecule has 4 nitrogen and oxygen atoms in total. The number of hydrogen-bond donors (Lipinski definition) is 1. The summed E-state index contributed by atoms with van der Waals surface area (Å²) >= 11 is 20.0. The normalized spacial score (nSPS) is 14.5. The van der Waals surface area contributed by atoms with Crippen LogP contribution in [-0.2, 0) is 28.3 Å². The Kier molecular flexibility index (Phi) is 11.5. The number of thioether (sulfide) groups is 1. The second kappa shape index (κ2) is 15.0. The molecule has 3 aromatic rings. The van der Waals surface area contributed by atoms with Crippen LogP contribution in [0.3, 0.4) is 0 Å². The molecular formula is C31H33Cl3N2O2S. The summed E-state index contributed by atoms with van der Waals surface area (Å²) in [6, 6.07) is 22.3. The van der Waals surface area contributed by atoms with Gasteiger partial charge < -0.3 is 10.2 Å². The van der Waals surface area contributed by atoms with E-state index in [-0.39, 0.29) is 30.2 Å². The van der Waals surface area contributed by atoms with Gasteiger partial charge in [-0.3, -0.25) is 9.59 Å². The molecule has 0 aromatic heterocycles. The van der Waals surface area contributed by atoms with Gasteiger partial charge in [-0.25, -0.2) is 0 Å². The van der Waals surface area contributed by atoms with Gasteiger partial charge in [0.2, 0.25) is 11.8 Å². The van der Waals surface area contributed by atoms with E-state index in [2.05, 4.69) is 5.32 Å². The fourth-order valence-electron chi connectivity index (χ4n) is 4.85. The van der Waals surface area contributed by atoms with Crippen LogP contribution in [0.2, 0.25) is 15.1 Å². The summed E-state index contributed by atoms with van der Waals surface area (Å²) in [7, 11) is 0. The number of hydrogen-bond acceptors (Lipinski definition) is 3. The quantitative estimate of drug-likeness (QED) is 0.242. The van der Waals surface area contributed by atoms with Crippen LogP contribution < -0.4 is 5.32 Å². The summed E-state index contributed by atoms with van der Waals surface area (Å²) in [5, 5.41) is 4.82. The second-order valence-corrected chi connectivity index (χ2v) is 12.2. The maximum atomic E-state index is 13.8. The Hall–Kier alpha value is -2.18. The van der Waals surface area contributed by atoms with Gasteiger partial charge in [0.25, 0.3) is 0 Å². The average molecular weight is 604 g/mol. The molecule has 4 rings (SSSR count). The smallest absolute Gasteiger partial charge is 0.243 e. The van der Waals surface area contributed by atoms with E-state index in [0.717, 1.165) is 42.4 Å². The van der Waals surface area contributed by atoms with Crippen LogP contribution in [-0.4, -0.2) is 34.6 Å². The lowest BCUT2D eigenvalue weighted by Gasteiger charge is -2.33. The minimum atomic E-state index is -0.660. The van der Waals surface area contributed by atoms with Crippen LogP contribution in [0.4, 0.5) is 0 Å². The summed E-state index contributed by atoms with van der Waals surface area (Å²) in [6.45, 7) is 0.257. The minimum Gasteiger partial charge on any atom is -0.352 e. The van der Waals surface area contributed by atoms with Crippen molar-refractivity contribution in [2.75, 3.05) is 5.75 Å². The third kappa shape index (κ3) is 9.18. The molecule has 1 N–H and O–H groups in total. The first-order valence-electron chi connectivity index (χ1n) is 13.3. The van der Waals surface area contributed by atoms with Gasteiger partial charge in [0.05, 0.1) is 15.8 Å². The van der Waals surface area contributed by atoms with E-state index in [1.165, 1.54) is 18.2 Å². The zero-order valence-corrected chi connectivity index (χ0v) is 24.8. The van der Waals surface area contributed by atoms with E-state index in [4.69, 9.17) is 34.8 Å². The lowest BCUT2D eigenvalue weighted by molar-refractivity contribution is -0.139. The summed E-state index contributed by atoms with van der Waals surface area (Å²) in [5.74, 6) is 0.703. The Labute approximate surface area is 250 Å². The van der Waals surface area contributed by atoms with E-state index < -0.39 is 6.04 Å². The Morgan fingerprint density at radius 1 is 0.846 bits per heavy atom. The Morgan fingerprint density at radius 3 is 2.23 bits per heavy atom. The molecule has 1 atom stereocenters. The highest BCUT2D eigenvalue weighted by molar-refractivity contribution is 7.99. The summed E-state index contributed by atoms with van der Waals surface area (Å²) < 4.78 is 0. The highest BCUT2D eigenvalue weighted by Crippen LogP contribution is 2.25. The molecule has 206 valence electrons. The van der Waals surface area contributed by atoms with E-state index in [1.54, 1.807) is 17.0 Å². The van der Waals surface area contributed by atoms with Crippen LogP contribution in [0, 0.1) is 0 Å². The maximum Gasteiger partial charge on any atom is 0.243 e. The molecule has 2 amide bonds. The van der Waals surface area contributed by atoms with Crippen molar-refractivity contribution in [1.29, 1.82) is 0 Å². The third-order valence-electron chi connectivity index (χ3n) is 6.97. The van der Waals surface area contributed by atoms with Crippen molar-refractivity contribution in [2.45, 2.75) is 62.9 Å². The number of benzene rings is 3. The molecule has 39 heavy (non-hydrogen) atoms. The predicted octanol–water partition coefficient (Wildman–Crippen LogP) is 7.97. The van der Waals surface area contributed by atoms with Gasteiger partial charge in [-0.05, 0) is 53.8 Å². The lowest BCUT2D eigenvalue weighted by Crippen LogP contribution is -2.53. The molecule has 8 heteroatoms. The number of nitrogens with zero attached hydrogens (tertiary/aromatic N) is 1. The zero-order chi connectivity index (χ0) is 27.6. The summed E-state index contributed by atoms with van der Waals surface area (Å²) in [5.41, 5.74) is 2.91. The standard InChI is InChI=1S/C31H33Cl3N2O2S/c32-25-14-11-23(12-15-25)20-39-21-30(37)36(19-24-13-16-27(33)28(34)17-24)29(18-22-7-3-1-4-8-22)31(38)35-26-9-5-2-6-10-26/h1,3-4,7-8,11-17,26,29H,2,5-6,9-10,18-21H2,(H,35,38)/t29-/m1/s1.